The molecule has 0 saturated carbocycles. The van der Waals surface area contributed by atoms with Gasteiger partial charge in [0.2, 0.25) is 11.9 Å². The Labute approximate surface area is 375 Å². The van der Waals surface area contributed by atoms with E-state index in [9.17, 15) is 43.8 Å². The van der Waals surface area contributed by atoms with Gasteiger partial charge in [0.25, 0.3) is 22.9 Å². The fraction of sp³-hybridized carbons (Fsp3) is 0.167. The molecule has 344 valence electrons. The van der Waals surface area contributed by atoms with Gasteiger partial charge in [-0.15, -0.1) is 0 Å². The highest BCUT2D eigenvalue weighted by molar-refractivity contribution is 5.97. The van der Waals surface area contributed by atoms with Crippen LogP contribution in [0.25, 0.3) is 22.3 Å². The Morgan fingerprint density at radius 1 is 0.597 bits per heavy atom. The molecule has 2 amide bonds. The van der Waals surface area contributed by atoms with Crippen LogP contribution in [-0.2, 0) is 33.9 Å². The maximum Gasteiger partial charge on any atom is 0.326 e. The Morgan fingerprint density at radius 3 is 1.45 bits per heavy atom. The van der Waals surface area contributed by atoms with Crippen LogP contribution in [0.4, 0.5) is 23.3 Å². The highest BCUT2D eigenvalue weighted by Crippen LogP contribution is 2.16. The predicted molar refractivity (Wildman–Crippen MR) is 239 cm³/mol. The third kappa shape index (κ3) is 13.0. The van der Waals surface area contributed by atoms with Crippen LogP contribution < -0.4 is 43.9 Å². The molecule has 0 saturated heterocycles. The molecule has 14 N–H and O–H groups in total. The van der Waals surface area contributed by atoms with Crippen LogP contribution in [-0.4, -0.2) is 102 Å². The number of rotatable bonds is 17. The minimum absolute atomic E-state index is 0.0400. The Hall–Kier alpha value is -9.55. The SMILES string of the molecule is Nc1nc2ncc(CNc3ccc(C(=O)NC(CCC(=O)O)C(=O)O)cc3)nc2c(=O)[nH]1.Nc1nc2ncc(CNc3ccc(C(=O)N[C@@H](Cc4ccc(O)cc4)C(=O)O)cc3)nc2c(=O)[nH]1. The van der Waals surface area contributed by atoms with Gasteiger partial charge in [-0.25, -0.2) is 29.5 Å². The molecule has 25 heteroatoms. The van der Waals surface area contributed by atoms with Crippen molar-refractivity contribution in [3.8, 4) is 5.75 Å². The number of phenols is 1. The highest BCUT2D eigenvalue weighted by Gasteiger charge is 2.23. The number of nitrogens with zero attached hydrogens (tertiary/aromatic N) is 6. The maximum absolute atomic E-state index is 12.6. The first kappa shape index (κ1) is 46.9. The lowest BCUT2D eigenvalue weighted by Crippen LogP contribution is -2.42. The van der Waals surface area contributed by atoms with Crippen molar-refractivity contribution in [1.82, 2.24) is 50.5 Å². The van der Waals surface area contributed by atoms with E-state index in [0.29, 0.717) is 28.3 Å². The summed E-state index contributed by atoms with van der Waals surface area (Å²) in [6, 6.07) is 16.3. The molecular weight excluding hydrogens is 877 g/mol. The monoisotopic (exact) mass is 916 g/mol. The zero-order valence-corrected chi connectivity index (χ0v) is 34.8. The molecule has 2 atom stereocenters. The van der Waals surface area contributed by atoms with Crippen molar-refractivity contribution in [3.05, 3.63) is 134 Å². The number of aliphatic carboxylic acids is 3. The summed E-state index contributed by atoms with van der Waals surface area (Å²) in [5.74, 6) is -4.83. The summed E-state index contributed by atoms with van der Waals surface area (Å²) in [5.41, 5.74) is 13.8. The number of carboxylic acid groups (broad SMARTS) is 3. The number of fused-ring (bicyclic) bond motifs is 2. The summed E-state index contributed by atoms with van der Waals surface area (Å²) >= 11 is 0. The number of aromatic hydroxyl groups is 1. The van der Waals surface area contributed by atoms with Gasteiger partial charge in [-0.3, -0.25) is 33.9 Å². The number of nitrogens with two attached hydrogens (primary N) is 2. The third-order valence-electron chi connectivity index (χ3n) is 9.44. The zero-order valence-electron chi connectivity index (χ0n) is 34.8. The number of aromatic amines is 2. The van der Waals surface area contributed by atoms with Crippen LogP contribution in [0.3, 0.4) is 0 Å². The molecular formula is C42H40N14O11. The van der Waals surface area contributed by atoms with E-state index < -0.39 is 52.9 Å². The second kappa shape index (κ2) is 21.2. The van der Waals surface area contributed by atoms with Crippen LogP contribution in [0, 0.1) is 0 Å². The number of carboxylic acids is 3. The van der Waals surface area contributed by atoms with Crippen molar-refractivity contribution < 1.29 is 44.4 Å². The quantitative estimate of drug-likeness (QED) is 0.0606. The molecule has 0 aliphatic rings. The summed E-state index contributed by atoms with van der Waals surface area (Å²) in [7, 11) is 0. The van der Waals surface area contributed by atoms with Gasteiger partial charge < -0.3 is 53.2 Å². The van der Waals surface area contributed by atoms with Crippen LogP contribution in [0.5, 0.6) is 5.75 Å². The number of hydrogen-bond donors (Lipinski definition) is 12. The van der Waals surface area contributed by atoms with E-state index in [4.69, 9.17) is 21.7 Å². The number of carbonyl (C=O) groups excluding carboxylic acids is 2. The standard InChI is InChI=1S/C23H21N7O5.C19H19N7O6/c24-23-29-19-18(21(33)30-23)27-15(11-26-19)10-25-14-5-3-13(4-6-14)20(32)28-17(22(34)35)9-12-1-7-16(31)8-2-12;20-19-25-15-14(17(30)26-19)23-11(8-22-15)7-21-10-3-1-9(2-4-10)16(29)24-12(18(31)32)5-6-13(27)28/h1-8,11,17,25,31H,9-10H2,(H,28,32)(H,34,35)(H3,24,26,29,30,33);1-4,8,12,21H,5-7H2,(H,24,29)(H,27,28)(H,31,32)(H3,20,22,25,26,30)/t17-;/m0./s1. The van der Waals surface area contributed by atoms with Gasteiger partial charge in [0.05, 0.1) is 36.9 Å². The first-order chi connectivity index (χ1) is 32.0. The topological polar surface area (TPSA) is 409 Å². The molecule has 7 aromatic rings. The molecule has 4 aromatic heterocycles. The molecule has 67 heavy (non-hydrogen) atoms. The van der Waals surface area contributed by atoms with Crippen molar-refractivity contribution in [2.75, 3.05) is 22.1 Å². The van der Waals surface area contributed by atoms with E-state index >= 15 is 0 Å². The fourth-order valence-electron chi connectivity index (χ4n) is 6.05. The minimum atomic E-state index is -1.31. The Kier molecular flexibility index (Phi) is 14.9. The first-order valence-electron chi connectivity index (χ1n) is 19.8. The van der Waals surface area contributed by atoms with Crippen LogP contribution in [0.15, 0.2) is 94.8 Å². The number of H-pyrrole nitrogens is 2. The minimum Gasteiger partial charge on any atom is -0.508 e. The number of benzene rings is 3. The molecule has 0 fully saturated rings. The average molecular weight is 917 g/mol. The normalized spacial score (nSPS) is 11.6. The van der Waals surface area contributed by atoms with Gasteiger partial charge in [-0.2, -0.15) is 9.97 Å². The van der Waals surface area contributed by atoms with Crippen molar-refractivity contribution in [3.63, 3.8) is 0 Å². The molecule has 0 radical (unpaired) electrons. The number of aromatic nitrogens is 8. The second-order valence-electron chi connectivity index (χ2n) is 14.4. The summed E-state index contributed by atoms with van der Waals surface area (Å²) < 4.78 is 0. The van der Waals surface area contributed by atoms with E-state index in [0.717, 1.165) is 0 Å². The number of nitrogens with one attached hydrogen (secondary N) is 6. The van der Waals surface area contributed by atoms with Gasteiger partial charge in [-0.1, -0.05) is 12.1 Å². The molecule has 1 unspecified atom stereocenters. The molecule has 0 spiro atoms. The van der Waals surface area contributed by atoms with Gasteiger partial charge in [0.1, 0.15) is 17.8 Å². The zero-order chi connectivity index (χ0) is 48.2. The first-order valence-corrected chi connectivity index (χ1v) is 19.8. The van der Waals surface area contributed by atoms with Crippen molar-refractivity contribution in [2.24, 2.45) is 0 Å². The van der Waals surface area contributed by atoms with E-state index in [1.165, 1.54) is 36.7 Å². The maximum atomic E-state index is 12.6. The number of hydrogen-bond acceptors (Lipinski definition) is 18. The fourth-order valence-corrected chi connectivity index (χ4v) is 6.05. The van der Waals surface area contributed by atoms with Crippen molar-refractivity contribution >= 4 is 75.3 Å². The van der Waals surface area contributed by atoms with E-state index in [2.05, 4.69) is 61.1 Å². The number of phenolic OH excluding ortho intramolecular Hbond substituents is 1. The molecule has 3 aromatic carbocycles. The van der Waals surface area contributed by atoms with Gasteiger partial charge in [0.15, 0.2) is 22.3 Å². The van der Waals surface area contributed by atoms with Gasteiger partial charge >= 0.3 is 17.9 Å². The number of carbonyl (C=O) groups is 5. The molecule has 0 aliphatic carbocycles. The smallest absolute Gasteiger partial charge is 0.326 e. The molecule has 0 bridgehead atoms. The lowest BCUT2D eigenvalue weighted by Gasteiger charge is -2.15. The van der Waals surface area contributed by atoms with Gasteiger partial charge in [0, 0.05) is 35.3 Å². The lowest BCUT2D eigenvalue weighted by molar-refractivity contribution is -0.141. The van der Waals surface area contributed by atoms with Crippen molar-refractivity contribution in [1.29, 1.82) is 0 Å². The Morgan fingerprint density at radius 2 is 1.03 bits per heavy atom. The highest BCUT2D eigenvalue weighted by atomic mass is 16.4. The van der Waals surface area contributed by atoms with E-state index in [1.807, 2.05) is 0 Å². The molecule has 0 aliphatic heterocycles. The predicted octanol–water partition coefficient (Wildman–Crippen LogP) is 0.994. The van der Waals surface area contributed by atoms with Crippen LogP contribution in [0.2, 0.25) is 0 Å². The summed E-state index contributed by atoms with van der Waals surface area (Å²) in [6.07, 6.45) is 2.38. The molecule has 25 nitrogen and oxygen atoms in total. The number of amides is 2. The largest absolute Gasteiger partial charge is 0.508 e. The van der Waals surface area contributed by atoms with Gasteiger partial charge in [-0.05, 0) is 72.6 Å². The number of anilines is 4. The Balaban J connectivity index is 0.000000222. The number of nitrogen functional groups attached to an aromatic ring is 2. The van der Waals surface area contributed by atoms with Crippen molar-refractivity contribution in [2.45, 2.75) is 44.4 Å². The lowest BCUT2D eigenvalue weighted by atomic mass is 10.1. The van der Waals surface area contributed by atoms with E-state index in [1.54, 1.807) is 48.5 Å². The summed E-state index contributed by atoms with van der Waals surface area (Å²) in [5, 5.41) is 47.7. The van der Waals surface area contributed by atoms with Crippen LogP contribution >= 0.6 is 0 Å². The average Bonchev–Trinajstić information content (AvgIpc) is 3.29. The van der Waals surface area contributed by atoms with Crippen LogP contribution in [0.1, 0.15) is 50.5 Å². The molecule has 7 rings (SSSR count). The second-order valence-corrected chi connectivity index (χ2v) is 14.4. The molecule has 4 heterocycles. The summed E-state index contributed by atoms with van der Waals surface area (Å²) in [6.45, 7) is 0.487. The third-order valence-corrected chi connectivity index (χ3v) is 9.44. The summed E-state index contributed by atoms with van der Waals surface area (Å²) in [4.78, 5) is 111. The van der Waals surface area contributed by atoms with E-state index in [-0.39, 0.29) is 83.5 Å². The Bertz CT molecular complexity index is 3070.